The van der Waals surface area contributed by atoms with E-state index in [4.69, 9.17) is 5.73 Å². The summed E-state index contributed by atoms with van der Waals surface area (Å²) < 4.78 is 0. The van der Waals surface area contributed by atoms with E-state index in [1.807, 2.05) is 36.1 Å². The quantitative estimate of drug-likeness (QED) is 0.806. The molecule has 3 rings (SSSR count). The molecule has 20 heavy (non-hydrogen) atoms. The summed E-state index contributed by atoms with van der Waals surface area (Å²) in [6.07, 6.45) is 3.44. The number of nitrogens with two attached hydrogens (primary N) is 1. The van der Waals surface area contributed by atoms with Crippen molar-refractivity contribution >= 4 is 11.6 Å². The third-order valence-electron chi connectivity index (χ3n) is 4.58. The number of rotatable bonds is 2. The lowest BCUT2D eigenvalue weighted by Gasteiger charge is -2.38. The highest BCUT2D eigenvalue weighted by atomic mass is 16.3. The second-order valence-corrected chi connectivity index (χ2v) is 6.53. The molecule has 0 bridgehead atoms. The predicted molar refractivity (Wildman–Crippen MR) is 78.2 cm³/mol. The molecule has 1 heterocycles. The number of amides is 1. The van der Waals surface area contributed by atoms with E-state index in [-0.39, 0.29) is 11.3 Å². The third kappa shape index (κ3) is 2.29. The molecule has 2 aliphatic rings. The molecular formula is C16H22N2O2. The number of piperidine rings is 1. The summed E-state index contributed by atoms with van der Waals surface area (Å²) in [6.45, 7) is 3.02. The Kier molecular flexibility index (Phi) is 3.01. The Hall–Kier alpha value is -1.55. The highest BCUT2D eigenvalue weighted by Gasteiger charge is 2.53. The zero-order valence-corrected chi connectivity index (χ0v) is 11.9. The fourth-order valence-electron chi connectivity index (χ4n) is 3.25. The molecule has 0 aromatic heterocycles. The number of hydrogen-bond acceptors (Lipinski definition) is 3. The molecule has 1 aromatic rings. The second kappa shape index (κ2) is 4.48. The van der Waals surface area contributed by atoms with Crippen molar-refractivity contribution in [3.63, 3.8) is 0 Å². The molecule has 2 fully saturated rings. The van der Waals surface area contributed by atoms with Gasteiger partial charge in [0, 0.05) is 18.8 Å². The van der Waals surface area contributed by atoms with Crippen molar-refractivity contribution in [3.8, 4) is 0 Å². The molecule has 1 saturated carbocycles. The maximum absolute atomic E-state index is 12.8. The average Bonchev–Trinajstić information content (AvgIpc) is 3.19. The van der Waals surface area contributed by atoms with E-state index in [1.165, 1.54) is 0 Å². The molecule has 4 nitrogen and oxygen atoms in total. The SMILES string of the molecule is CC1(O)CCCN(C(=O)C2(c3ccc(N)cc3)CC2)C1. The highest BCUT2D eigenvalue weighted by Crippen LogP contribution is 2.50. The van der Waals surface area contributed by atoms with Crippen LogP contribution in [-0.4, -0.2) is 34.6 Å². The van der Waals surface area contributed by atoms with Crippen LogP contribution in [-0.2, 0) is 10.2 Å². The van der Waals surface area contributed by atoms with E-state index >= 15 is 0 Å². The van der Waals surface area contributed by atoms with Gasteiger partial charge in [-0.25, -0.2) is 0 Å². The molecule has 0 spiro atoms. The standard InChI is InChI=1S/C16H22N2O2/c1-15(20)7-2-10-18(11-15)14(19)16(8-9-16)12-3-5-13(17)6-4-12/h3-6,20H,2,7-11,17H2,1H3. The monoisotopic (exact) mass is 274 g/mol. The molecule has 3 N–H and O–H groups in total. The fourth-order valence-corrected chi connectivity index (χ4v) is 3.25. The van der Waals surface area contributed by atoms with Crippen LogP contribution >= 0.6 is 0 Å². The van der Waals surface area contributed by atoms with Crippen molar-refractivity contribution in [2.45, 2.75) is 43.6 Å². The summed E-state index contributed by atoms with van der Waals surface area (Å²) in [7, 11) is 0. The Bertz CT molecular complexity index is 518. The van der Waals surface area contributed by atoms with Gasteiger partial charge < -0.3 is 15.7 Å². The average molecular weight is 274 g/mol. The van der Waals surface area contributed by atoms with Crippen molar-refractivity contribution in [2.75, 3.05) is 18.8 Å². The van der Waals surface area contributed by atoms with Crippen LogP contribution in [0, 0.1) is 0 Å². The van der Waals surface area contributed by atoms with Gasteiger partial charge in [0.15, 0.2) is 0 Å². The largest absolute Gasteiger partial charge is 0.399 e. The van der Waals surface area contributed by atoms with Crippen LogP contribution in [0.5, 0.6) is 0 Å². The van der Waals surface area contributed by atoms with Gasteiger partial charge in [-0.05, 0) is 50.3 Å². The number of anilines is 1. The minimum absolute atomic E-state index is 0.169. The number of β-amino-alcohol motifs (C(OH)–C–C–N with tert-alkyl or cyclic N) is 1. The van der Waals surface area contributed by atoms with Crippen LogP contribution in [0.2, 0.25) is 0 Å². The first kappa shape index (κ1) is 13.4. The zero-order chi connectivity index (χ0) is 14.4. The number of nitrogen functional groups attached to an aromatic ring is 1. The molecule has 1 unspecified atom stereocenters. The first-order valence-corrected chi connectivity index (χ1v) is 7.31. The van der Waals surface area contributed by atoms with Crippen LogP contribution in [0.15, 0.2) is 24.3 Å². The molecular weight excluding hydrogens is 252 g/mol. The Labute approximate surface area is 119 Å². The molecule has 4 heteroatoms. The number of nitrogens with zero attached hydrogens (tertiary/aromatic N) is 1. The lowest BCUT2D eigenvalue weighted by Crippen LogP contribution is -2.51. The Morgan fingerprint density at radius 2 is 1.90 bits per heavy atom. The highest BCUT2D eigenvalue weighted by molar-refractivity contribution is 5.91. The van der Waals surface area contributed by atoms with E-state index in [1.54, 1.807) is 0 Å². The van der Waals surface area contributed by atoms with Gasteiger partial charge in [-0.2, -0.15) is 0 Å². The molecule has 1 saturated heterocycles. The van der Waals surface area contributed by atoms with Crippen LogP contribution in [0.3, 0.4) is 0 Å². The van der Waals surface area contributed by atoms with Gasteiger partial charge >= 0.3 is 0 Å². The van der Waals surface area contributed by atoms with Gasteiger partial charge in [0.25, 0.3) is 0 Å². The molecule has 0 radical (unpaired) electrons. The normalized spacial score (nSPS) is 28.2. The number of carbonyl (C=O) groups excluding carboxylic acids is 1. The molecule has 1 amide bonds. The lowest BCUT2D eigenvalue weighted by atomic mass is 9.90. The van der Waals surface area contributed by atoms with Gasteiger partial charge in [0.05, 0.1) is 11.0 Å². The van der Waals surface area contributed by atoms with Gasteiger partial charge in [-0.15, -0.1) is 0 Å². The van der Waals surface area contributed by atoms with Crippen molar-refractivity contribution in [3.05, 3.63) is 29.8 Å². The van der Waals surface area contributed by atoms with Crippen molar-refractivity contribution in [1.29, 1.82) is 0 Å². The number of benzene rings is 1. The number of carbonyl (C=O) groups is 1. The predicted octanol–water partition coefficient (Wildman–Crippen LogP) is 1.67. The summed E-state index contributed by atoms with van der Waals surface area (Å²) in [5.74, 6) is 0.169. The number of aliphatic hydroxyl groups is 1. The van der Waals surface area contributed by atoms with E-state index < -0.39 is 5.60 Å². The molecule has 1 aromatic carbocycles. The molecule has 108 valence electrons. The van der Waals surface area contributed by atoms with Gasteiger partial charge in [0.2, 0.25) is 5.91 Å². The molecule has 1 atom stereocenters. The summed E-state index contributed by atoms with van der Waals surface area (Å²) in [5.41, 5.74) is 6.39. The van der Waals surface area contributed by atoms with Gasteiger partial charge in [-0.3, -0.25) is 4.79 Å². The van der Waals surface area contributed by atoms with Crippen LogP contribution in [0.4, 0.5) is 5.69 Å². The smallest absolute Gasteiger partial charge is 0.233 e. The van der Waals surface area contributed by atoms with E-state index in [0.29, 0.717) is 6.54 Å². The third-order valence-corrected chi connectivity index (χ3v) is 4.58. The second-order valence-electron chi connectivity index (χ2n) is 6.53. The first-order chi connectivity index (χ1) is 9.43. The van der Waals surface area contributed by atoms with Gasteiger partial charge in [-0.1, -0.05) is 12.1 Å². The van der Waals surface area contributed by atoms with Crippen LogP contribution in [0.1, 0.15) is 38.2 Å². The van der Waals surface area contributed by atoms with Crippen molar-refractivity contribution in [1.82, 2.24) is 4.90 Å². The van der Waals surface area contributed by atoms with E-state index in [2.05, 4.69) is 0 Å². The van der Waals surface area contributed by atoms with E-state index in [0.717, 1.165) is 43.5 Å². The summed E-state index contributed by atoms with van der Waals surface area (Å²) in [4.78, 5) is 14.7. The Morgan fingerprint density at radius 3 is 2.45 bits per heavy atom. The lowest BCUT2D eigenvalue weighted by molar-refractivity contribution is -0.140. The summed E-state index contributed by atoms with van der Waals surface area (Å²) in [5, 5.41) is 10.2. The van der Waals surface area contributed by atoms with E-state index in [9.17, 15) is 9.90 Å². The van der Waals surface area contributed by atoms with Gasteiger partial charge in [0.1, 0.15) is 0 Å². The maximum Gasteiger partial charge on any atom is 0.233 e. The maximum atomic E-state index is 12.8. The zero-order valence-electron chi connectivity index (χ0n) is 11.9. The molecule has 1 aliphatic heterocycles. The Morgan fingerprint density at radius 1 is 1.25 bits per heavy atom. The molecule has 1 aliphatic carbocycles. The van der Waals surface area contributed by atoms with Crippen LogP contribution in [0.25, 0.3) is 0 Å². The minimum atomic E-state index is -0.745. The fraction of sp³-hybridized carbons (Fsp3) is 0.562. The van der Waals surface area contributed by atoms with Crippen LogP contribution < -0.4 is 5.73 Å². The topological polar surface area (TPSA) is 66.6 Å². The first-order valence-electron chi connectivity index (χ1n) is 7.31. The summed E-state index contributed by atoms with van der Waals surface area (Å²) >= 11 is 0. The minimum Gasteiger partial charge on any atom is -0.399 e. The van der Waals surface area contributed by atoms with Crippen molar-refractivity contribution < 1.29 is 9.90 Å². The number of hydrogen-bond donors (Lipinski definition) is 2. The summed E-state index contributed by atoms with van der Waals surface area (Å²) in [6, 6.07) is 7.63. The van der Waals surface area contributed by atoms with Crippen molar-refractivity contribution in [2.24, 2.45) is 0 Å². The Balaban J connectivity index is 1.81. The number of likely N-dealkylation sites (tertiary alicyclic amines) is 1.